The number of nitrogens with zero attached hydrogens (tertiary/aromatic N) is 3. The van der Waals surface area contributed by atoms with Crippen molar-refractivity contribution in [1.82, 2.24) is 14.6 Å². The van der Waals surface area contributed by atoms with Gasteiger partial charge in [0.25, 0.3) is 0 Å². The molecule has 0 aliphatic heterocycles. The van der Waals surface area contributed by atoms with E-state index in [1.807, 2.05) is 30.3 Å². The van der Waals surface area contributed by atoms with Crippen LogP contribution in [0, 0.1) is 0 Å². The summed E-state index contributed by atoms with van der Waals surface area (Å²) in [5, 5.41) is 14.3. The topological polar surface area (TPSA) is 82.0 Å². The van der Waals surface area contributed by atoms with Gasteiger partial charge in [0.05, 0.1) is 19.9 Å². The second-order valence-electron chi connectivity index (χ2n) is 5.53. The van der Waals surface area contributed by atoms with Gasteiger partial charge in [0.1, 0.15) is 17.0 Å². The Morgan fingerprint density at radius 3 is 2.96 bits per heavy atom. The molecule has 0 unspecified atom stereocenters. The fourth-order valence-electron chi connectivity index (χ4n) is 2.61. The highest BCUT2D eigenvalue weighted by Gasteiger charge is 2.13. The maximum atomic E-state index is 8.85. The van der Waals surface area contributed by atoms with Gasteiger partial charge in [-0.2, -0.15) is 0 Å². The molecule has 0 aliphatic carbocycles. The van der Waals surface area contributed by atoms with E-state index in [1.165, 1.54) is 0 Å². The monoisotopic (exact) mass is 339 g/mol. The van der Waals surface area contributed by atoms with Crippen LogP contribution in [0.25, 0.3) is 28.1 Å². The first kappa shape index (κ1) is 15.5. The van der Waals surface area contributed by atoms with Gasteiger partial charge in [-0.15, -0.1) is 5.10 Å². The average Bonchev–Trinajstić information content (AvgIpc) is 3.24. The van der Waals surface area contributed by atoms with Gasteiger partial charge < -0.3 is 19.0 Å². The van der Waals surface area contributed by atoms with E-state index in [0.717, 1.165) is 22.4 Å². The summed E-state index contributed by atoms with van der Waals surface area (Å²) in [4.78, 5) is 4.36. The fraction of sp³-hybridized carbons (Fsp3) is 0.222. The molecule has 7 nitrogen and oxygen atoms in total. The molecule has 0 fully saturated rings. The first-order chi connectivity index (χ1) is 12.3. The van der Waals surface area contributed by atoms with Gasteiger partial charge in [-0.1, -0.05) is 0 Å². The van der Waals surface area contributed by atoms with Crippen molar-refractivity contribution in [3.63, 3.8) is 0 Å². The zero-order valence-corrected chi connectivity index (χ0v) is 13.7. The van der Waals surface area contributed by atoms with Gasteiger partial charge in [-0.3, -0.25) is 0 Å². The number of aliphatic hydroxyl groups is 1. The fourth-order valence-corrected chi connectivity index (χ4v) is 2.61. The number of imidazole rings is 1. The number of aromatic nitrogens is 3. The van der Waals surface area contributed by atoms with Gasteiger partial charge in [-0.25, -0.2) is 9.50 Å². The molecule has 0 spiro atoms. The predicted octanol–water partition coefficient (Wildman–Crippen LogP) is 2.91. The predicted molar refractivity (Wildman–Crippen MR) is 91.9 cm³/mol. The summed E-state index contributed by atoms with van der Waals surface area (Å²) in [6.07, 6.45) is 2.27. The van der Waals surface area contributed by atoms with Crippen LogP contribution >= 0.6 is 0 Å². The number of hydrogen-bond donors (Lipinski definition) is 1. The molecular formula is C18H17N3O4. The number of furan rings is 1. The summed E-state index contributed by atoms with van der Waals surface area (Å²) in [5.41, 5.74) is 2.17. The number of aliphatic hydroxyl groups excluding tert-OH is 1. The molecule has 0 amide bonds. The molecule has 1 N–H and O–H groups in total. The zero-order chi connectivity index (χ0) is 17.2. The van der Waals surface area contributed by atoms with E-state index in [0.29, 0.717) is 30.3 Å². The van der Waals surface area contributed by atoms with E-state index in [2.05, 4.69) is 10.1 Å². The highest BCUT2D eigenvalue weighted by Crippen LogP contribution is 2.30. The molecule has 0 aliphatic rings. The van der Waals surface area contributed by atoms with Crippen molar-refractivity contribution in [3.05, 3.63) is 42.6 Å². The van der Waals surface area contributed by atoms with Gasteiger partial charge in [-0.05, 0) is 24.3 Å². The highest BCUT2D eigenvalue weighted by atomic mass is 16.5. The lowest BCUT2D eigenvalue weighted by Gasteiger charge is -2.04. The van der Waals surface area contributed by atoms with Gasteiger partial charge >= 0.3 is 0 Å². The maximum Gasteiger partial charge on any atom is 0.231 e. The van der Waals surface area contributed by atoms with Crippen molar-refractivity contribution in [3.8, 4) is 23.1 Å². The van der Waals surface area contributed by atoms with Crippen LogP contribution in [0.15, 0.2) is 47.0 Å². The second-order valence-corrected chi connectivity index (χ2v) is 5.53. The average molecular weight is 339 g/mol. The Hall–Kier alpha value is -3.06. The van der Waals surface area contributed by atoms with Gasteiger partial charge in [0.15, 0.2) is 11.4 Å². The minimum absolute atomic E-state index is 0.0843. The number of fused-ring (bicyclic) bond motifs is 2. The first-order valence-electron chi connectivity index (χ1n) is 7.95. The van der Waals surface area contributed by atoms with Crippen molar-refractivity contribution < 1.29 is 19.0 Å². The molecule has 3 heterocycles. The number of methoxy groups -OCH3 is 1. The molecular weight excluding hydrogens is 322 g/mol. The van der Waals surface area contributed by atoms with Crippen molar-refractivity contribution in [2.24, 2.45) is 0 Å². The smallest absolute Gasteiger partial charge is 0.231 e. The minimum atomic E-state index is 0.0843. The summed E-state index contributed by atoms with van der Waals surface area (Å²) in [5.74, 6) is 1.87. The third-order valence-corrected chi connectivity index (χ3v) is 3.87. The summed E-state index contributed by atoms with van der Waals surface area (Å²) in [7, 11) is 1.62. The Bertz CT molecular complexity index is 1020. The molecule has 25 heavy (non-hydrogen) atoms. The van der Waals surface area contributed by atoms with Crippen LogP contribution in [-0.4, -0.2) is 40.0 Å². The van der Waals surface area contributed by atoms with E-state index in [4.69, 9.17) is 19.0 Å². The number of hydrogen-bond acceptors (Lipinski definition) is 6. The number of rotatable bonds is 6. The highest BCUT2D eigenvalue weighted by molar-refractivity contribution is 5.83. The van der Waals surface area contributed by atoms with Crippen LogP contribution in [0.5, 0.6) is 11.6 Å². The Balaban J connectivity index is 1.74. The van der Waals surface area contributed by atoms with Crippen molar-refractivity contribution in [1.29, 1.82) is 0 Å². The lowest BCUT2D eigenvalue weighted by Crippen LogP contribution is -2.03. The Morgan fingerprint density at radius 1 is 1.20 bits per heavy atom. The van der Waals surface area contributed by atoms with E-state index in [1.54, 1.807) is 23.9 Å². The SMILES string of the molecule is COc1ccc2cc(-c3cnc4ccc(OCCCO)nn34)oc2c1. The third-order valence-electron chi connectivity index (χ3n) is 3.87. The Labute approximate surface area is 143 Å². The molecule has 0 saturated heterocycles. The number of benzene rings is 1. The summed E-state index contributed by atoms with van der Waals surface area (Å²) in [6, 6.07) is 11.2. The molecule has 0 saturated carbocycles. The van der Waals surface area contributed by atoms with Crippen LogP contribution < -0.4 is 9.47 Å². The van der Waals surface area contributed by atoms with E-state index in [-0.39, 0.29) is 6.61 Å². The van der Waals surface area contributed by atoms with Crippen molar-refractivity contribution in [2.75, 3.05) is 20.3 Å². The van der Waals surface area contributed by atoms with Crippen LogP contribution in [0.1, 0.15) is 6.42 Å². The molecule has 7 heteroatoms. The van der Waals surface area contributed by atoms with Crippen LogP contribution in [0.3, 0.4) is 0 Å². The second kappa shape index (κ2) is 6.45. The molecule has 4 aromatic rings. The van der Waals surface area contributed by atoms with Gasteiger partial charge in [0.2, 0.25) is 5.88 Å². The Morgan fingerprint density at radius 2 is 2.12 bits per heavy atom. The maximum absolute atomic E-state index is 8.85. The minimum Gasteiger partial charge on any atom is -0.497 e. The lowest BCUT2D eigenvalue weighted by atomic mass is 10.2. The summed E-state index contributed by atoms with van der Waals surface area (Å²) >= 11 is 0. The van der Waals surface area contributed by atoms with Crippen LogP contribution in [-0.2, 0) is 0 Å². The largest absolute Gasteiger partial charge is 0.497 e. The molecule has 0 bridgehead atoms. The third kappa shape index (κ3) is 2.89. The quantitative estimate of drug-likeness (QED) is 0.544. The summed E-state index contributed by atoms with van der Waals surface area (Å²) < 4.78 is 18.4. The van der Waals surface area contributed by atoms with Crippen LogP contribution in [0.2, 0.25) is 0 Å². The van der Waals surface area contributed by atoms with Crippen LogP contribution in [0.4, 0.5) is 0 Å². The first-order valence-corrected chi connectivity index (χ1v) is 7.95. The van der Waals surface area contributed by atoms with Crippen molar-refractivity contribution in [2.45, 2.75) is 6.42 Å². The van der Waals surface area contributed by atoms with Crippen molar-refractivity contribution >= 4 is 16.6 Å². The molecule has 128 valence electrons. The zero-order valence-electron chi connectivity index (χ0n) is 13.7. The standard InChI is InChI=1S/C18H17N3O4/c1-23-13-4-3-12-9-16(25-15(12)10-13)14-11-19-17-5-6-18(20-21(14)17)24-8-2-7-22/h3-6,9-11,22H,2,7-8H2,1H3. The Kier molecular flexibility index (Phi) is 3.99. The molecule has 4 rings (SSSR count). The van der Waals surface area contributed by atoms with Gasteiger partial charge in [0, 0.05) is 30.5 Å². The molecule has 1 aromatic carbocycles. The summed E-state index contributed by atoms with van der Waals surface area (Å²) in [6.45, 7) is 0.491. The molecule has 0 radical (unpaired) electrons. The van der Waals surface area contributed by atoms with E-state index >= 15 is 0 Å². The normalized spacial score (nSPS) is 11.3. The lowest BCUT2D eigenvalue weighted by molar-refractivity contribution is 0.227. The number of ether oxygens (including phenoxy) is 2. The molecule has 0 atom stereocenters. The molecule has 3 aromatic heterocycles. The van der Waals surface area contributed by atoms with E-state index in [9.17, 15) is 0 Å². The van der Waals surface area contributed by atoms with E-state index < -0.39 is 0 Å².